The van der Waals surface area contributed by atoms with Crippen molar-refractivity contribution in [3.8, 4) is 22.8 Å². The monoisotopic (exact) mass is 393 g/mol. The van der Waals surface area contributed by atoms with Gasteiger partial charge >= 0.3 is 0 Å². The van der Waals surface area contributed by atoms with Gasteiger partial charge in [0.05, 0.1) is 25.7 Å². The molecule has 1 amide bonds. The highest BCUT2D eigenvalue weighted by molar-refractivity contribution is 5.75. The molecule has 3 aromatic rings. The van der Waals surface area contributed by atoms with E-state index < -0.39 is 0 Å². The lowest BCUT2D eigenvalue weighted by molar-refractivity contribution is -0.121. The Labute approximate surface area is 168 Å². The summed E-state index contributed by atoms with van der Waals surface area (Å²) in [5.74, 6) is 1.15. The molecule has 0 unspecified atom stereocenters. The Bertz CT molecular complexity index is 1010. The summed E-state index contributed by atoms with van der Waals surface area (Å²) in [6.07, 6.45) is 1.39. The number of hydrogen-bond donors (Lipinski definition) is 1. The van der Waals surface area contributed by atoms with Crippen LogP contribution >= 0.6 is 0 Å². The number of methoxy groups -OCH3 is 1. The smallest absolute Gasteiger partial charge is 0.254 e. The molecule has 0 aliphatic heterocycles. The third-order valence-corrected chi connectivity index (χ3v) is 4.29. The summed E-state index contributed by atoms with van der Waals surface area (Å²) >= 11 is 0. The number of carbonyl (C=O) groups excluding carboxylic acids is 1. The van der Waals surface area contributed by atoms with Gasteiger partial charge in [-0.3, -0.25) is 14.2 Å². The van der Waals surface area contributed by atoms with Gasteiger partial charge in [-0.1, -0.05) is 29.8 Å². The van der Waals surface area contributed by atoms with E-state index in [1.165, 1.54) is 17.0 Å². The number of amides is 1. The van der Waals surface area contributed by atoms with Crippen LogP contribution in [0, 0.1) is 6.92 Å². The van der Waals surface area contributed by atoms with Crippen LogP contribution < -0.4 is 20.3 Å². The van der Waals surface area contributed by atoms with Crippen LogP contribution in [0.2, 0.25) is 0 Å². The number of nitrogens with zero attached hydrogens (tertiary/aromatic N) is 2. The molecule has 0 saturated carbocycles. The minimum atomic E-state index is -0.282. The summed E-state index contributed by atoms with van der Waals surface area (Å²) in [5, 5.41) is 2.73. The molecule has 7 nitrogen and oxygen atoms in total. The van der Waals surface area contributed by atoms with E-state index in [1.54, 1.807) is 31.4 Å². The molecule has 1 N–H and O–H groups in total. The van der Waals surface area contributed by atoms with Gasteiger partial charge in [-0.25, -0.2) is 4.98 Å². The van der Waals surface area contributed by atoms with E-state index in [2.05, 4.69) is 10.3 Å². The van der Waals surface area contributed by atoms with Gasteiger partial charge < -0.3 is 14.8 Å². The van der Waals surface area contributed by atoms with E-state index in [0.29, 0.717) is 24.6 Å². The van der Waals surface area contributed by atoms with Crippen molar-refractivity contribution in [3.05, 3.63) is 76.8 Å². The van der Waals surface area contributed by atoms with Crippen LogP contribution in [-0.4, -0.2) is 35.7 Å². The lowest BCUT2D eigenvalue weighted by atomic mass is 10.1. The average Bonchev–Trinajstić information content (AvgIpc) is 2.74. The molecule has 3 rings (SSSR count). The maximum atomic E-state index is 12.3. The number of hydrogen-bond acceptors (Lipinski definition) is 5. The lowest BCUT2D eigenvalue weighted by Gasteiger charge is -2.09. The molecule has 150 valence electrons. The highest BCUT2D eigenvalue weighted by Gasteiger charge is 2.07. The summed E-state index contributed by atoms with van der Waals surface area (Å²) in [4.78, 5) is 28.7. The van der Waals surface area contributed by atoms with E-state index in [4.69, 9.17) is 9.47 Å². The maximum Gasteiger partial charge on any atom is 0.254 e. The topological polar surface area (TPSA) is 82.4 Å². The fourth-order valence-corrected chi connectivity index (χ4v) is 2.67. The molecule has 0 atom stereocenters. The van der Waals surface area contributed by atoms with Crippen molar-refractivity contribution in [1.82, 2.24) is 14.9 Å². The Balaban J connectivity index is 1.48. The number of carbonyl (C=O) groups is 1. The first-order chi connectivity index (χ1) is 14.0. The van der Waals surface area contributed by atoms with E-state index in [1.807, 2.05) is 31.2 Å². The van der Waals surface area contributed by atoms with Gasteiger partial charge in [0.1, 0.15) is 24.7 Å². The van der Waals surface area contributed by atoms with E-state index in [9.17, 15) is 9.59 Å². The first-order valence-corrected chi connectivity index (χ1v) is 9.22. The Morgan fingerprint density at radius 3 is 2.41 bits per heavy atom. The maximum absolute atomic E-state index is 12.3. The van der Waals surface area contributed by atoms with E-state index in [-0.39, 0.29) is 18.0 Å². The van der Waals surface area contributed by atoms with Gasteiger partial charge in [0.25, 0.3) is 5.56 Å². The van der Waals surface area contributed by atoms with Crippen molar-refractivity contribution >= 4 is 5.91 Å². The molecule has 2 aromatic carbocycles. The highest BCUT2D eigenvalue weighted by Crippen LogP contribution is 2.17. The zero-order valence-electron chi connectivity index (χ0n) is 16.4. The Kier molecular flexibility index (Phi) is 6.63. The number of aryl methyl sites for hydroxylation is 1. The van der Waals surface area contributed by atoms with Crippen LogP contribution in [0.15, 0.2) is 65.7 Å². The predicted octanol–water partition coefficient (Wildman–Crippen LogP) is 2.42. The Morgan fingerprint density at radius 2 is 1.76 bits per heavy atom. The van der Waals surface area contributed by atoms with Crippen molar-refractivity contribution in [2.45, 2.75) is 13.5 Å². The van der Waals surface area contributed by atoms with Gasteiger partial charge in [-0.15, -0.1) is 0 Å². The lowest BCUT2D eigenvalue weighted by Crippen LogP contribution is -2.34. The molecular weight excluding hydrogens is 370 g/mol. The minimum absolute atomic E-state index is 0.0947. The molecule has 1 heterocycles. The van der Waals surface area contributed by atoms with Gasteiger partial charge in [-0.05, 0) is 31.2 Å². The van der Waals surface area contributed by atoms with Crippen LogP contribution in [-0.2, 0) is 11.3 Å². The van der Waals surface area contributed by atoms with Crippen molar-refractivity contribution in [1.29, 1.82) is 0 Å². The summed E-state index contributed by atoms with van der Waals surface area (Å²) in [6.45, 7) is 2.55. The average molecular weight is 393 g/mol. The first kappa shape index (κ1) is 20.1. The second-order valence-corrected chi connectivity index (χ2v) is 6.48. The highest BCUT2D eigenvalue weighted by atomic mass is 16.5. The summed E-state index contributed by atoms with van der Waals surface area (Å²) < 4.78 is 11.9. The molecule has 29 heavy (non-hydrogen) atoms. The third kappa shape index (κ3) is 5.68. The zero-order valence-corrected chi connectivity index (χ0v) is 16.4. The number of benzene rings is 2. The van der Waals surface area contributed by atoms with E-state index >= 15 is 0 Å². The molecule has 0 radical (unpaired) electrons. The molecule has 0 aliphatic rings. The minimum Gasteiger partial charge on any atom is -0.497 e. The van der Waals surface area contributed by atoms with Gasteiger partial charge in [0.2, 0.25) is 5.91 Å². The number of nitrogens with one attached hydrogen (secondary N) is 1. The van der Waals surface area contributed by atoms with Crippen molar-refractivity contribution in [3.63, 3.8) is 0 Å². The molecular formula is C22H23N3O4. The van der Waals surface area contributed by atoms with Crippen molar-refractivity contribution < 1.29 is 14.3 Å². The molecule has 0 saturated heterocycles. The number of aromatic nitrogens is 2. The van der Waals surface area contributed by atoms with Crippen LogP contribution in [0.5, 0.6) is 11.5 Å². The van der Waals surface area contributed by atoms with Crippen LogP contribution in [0.3, 0.4) is 0 Å². The quantitative estimate of drug-likeness (QED) is 0.595. The van der Waals surface area contributed by atoms with Crippen molar-refractivity contribution in [2.75, 3.05) is 20.3 Å². The largest absolute Gasteiger partial charge is 0.497 e. The first-order valence-electron chi connectivity index (χ1n) is 9.22. The van der Waals surface area contributed by atoms with Gasteiger partial charge in [0.15, 0.2) is 0 Å². The second kappa shape index (κ2) is 9.54. The molecule has 0 spiro atoms. The number of ether oxygens (including phenoxy) is 2. The van der Waals surface area contributed by atoms with Crippen molar-refractivity contribution in [2.24, 2.45) is 0 Å². The Hall–Kier alpha value is -3.61. The third-order valence-electron chi connectivity index (χ3n) is 4.29. The predicted molar refractivity (Wildman–Crippen MR) is 110 cm³/mol. The van der Waals surface area contributed by atoms with Gasteiger partial charge in [-0.2, -0.15) is 0 Å². The summed E-state index contributed by atoms with van der Waals surface area (Å²) in [5.41, 5.74) is 2.30. The SMILES string of the molecule is COc1ccc(OCCNC(=O)Cn2cnc(-c3ccc(C)cc3)cc2=O)cc1. The second-order valence-electron chi connectivity index (χ2n) is 6.48. The summed E-state index contributed by atoms with van der Waals surface area (Å²) in [7, 11) is 1.60. The molecule has 0 bridgehead atoms. The Morgan fingerprint density at radius 1 is 1.07 bits per heavy atom. The fourth-order valence-electron chi connectivity index (χ4n) is 2.67. The van der Waals surface area contributed by atoms with E-state index in [0.717, 1.165) is 16.9 Å². The fraction of sp³-hybridized carbons (Fsp3) is 0.227. The number of rotatable bonds is 8. The molecule has 1 aromatic heterocycles. The molecule has 0 fully saturated rings. The summed E-state index contributed by atoms with van der Waals surface area (Å²) in [6, 6.07) is 16.4. The van der Waals surface area contributed by atoms with Crippen LogP contribution in [0.4, 0.5) is 0 Å². The normalized spacial score (nSPS) is 10.4. The zero-order chi connectivity index (χ0) is 20.6. The van der Waals surface area contributed by atoms with Crippen LogP contribution in [0.25, 0.3) is 11.3 Å². The van der Waals surface area contributed by atoms with Gasteiger partial charge in [0, 0.05) is 11.6 Å². The molecule has 0 aliphatic carbocycles. The van der Waals surface area contributed by atoms with Crippen LogP contribution in [0.1, 0.15) is 5.56 Å². The standard InChI is InChI=1S/C22H23N3O4/c1-16-3-5-17(6-4-16)20-13-22(27)25(15-24-20)14-21(26)23-11-12-29-19-9-7-18(28-2)8-10-19/h3-10,13,15H,11-12,14H2,1-2H3,(H,23,26). The molecule has 7 heteroatoms.